The molecule has 19 heteroatoms. The van der Waals surface area contributed by atoms with Crippen LogP contribution in [0.3, 0.4) is 0 Å². The first kappa shape index (κ1) is 91.1. The maximum absolute atomic E-state index is 13.1. The first-order valence-corrected chi connectivity index (χ1v) is 41.3. The molecule has 7 atom stereocenters. The molecule has 0 aliphatic heterocycles. The molecule has 0 fully saturated rings. The van der Waals surface area contributed by atoms with E-state index in [1.165, 1.54) is 173 Å². The number of aliphatic hydroxyl groups is 1. The second-order valence-electron chi connectivity index (χ2n) is 28.1. The first-order valence-electron chi connectivity index (χ1n) is 38.3. The number of hydrogen-bond acceptors (Lipinski definition) is 15. The third-order valence-corrected chi connectivity index (χ3v) is 19.7. The lowest BCUT2D eigenvalue weighted by Gasteiger charge is -2.21. The van der Waals surface area contributed by atoms with Gasteiger partial charge in [0.05, 0.1) is 26.4 Å². The SMILES string of the molecule is CCC(C)CCCCCCCCCCCCC(=O)OC[C@H](COP(=O)(O)OC[C@@H](O)COP(=O)(O)OC[C@@H](COC(=O)CCCCCCCCCCC(C)CC)OC(=O)CCCCCCCCCCCC(C)C)OC(=O)CCCCCCCCCCCCCCC(C)C. The summed E-state index contributed by atoms with van der Waals surface area (Å²) in [5.41, 5.74) is 0. The number of phosphoric ester groups is 2. The molecule has 0 radical (unpaired) electrons. The number of phosphoric acid groups is 2. The molecule has 17 nitrogen and oxygen atoms in total. The van der Waals surface area contributed by atoms with Crippen molar-refractivity contribution in [3.63, 3.8) is 0 Å². The van der Waals surface area contributed by atoms with Gasteiger partial charge in [-0.1, -0.05) is 319 Å². The summed E-state index contributed by atoms with van der Waals surface area (Å²) in [6.45, 7) is 14.2. The summed E-state index contributed by atoms with van der Waals surface area (Å²) >= 11 is 0. The van der Waals surface area contributed by atoms with Crippen LogP contribution >= 0.6 is 15.6 Å². The average molecular weight is 1370 g/mol. The Kier molecular flexibility index (Phi) is 62.2. The zero-order valence-corrected chi connectivity index (χ0v) is 62.7. The maximum atomic E-state index is 13.1. The van der Waals surface area contributed by atoms with Gasteiger partial charge in [0.1, 0.15) is 19.3 Å². The highest BCUT2D eigenvalue weighted by molar-refractivity contribution is 7.47. The minimum absolute atomic E-state index is 0.104. The summed E-state index contributed by atoms with van der Waals surface area (Å²) in [6, 6.07) is 0. The quantitative estimate of drug-likeness (QED) is 0.0222. The van der Waals surface area contributed by atoms with Crippen LogP contribution in [-0.4, -0.2) is 96.7 Å². The molecule has 0 aromatic carbocycles. The van der Waals surface area contributed by atoms with E-state index >= 15 is 0 Å². The van der Waals surface area contributed by atoms with E-state index < -0.39 is 97.5 Å². The van der Waals surface area contributed by atoms with Crippen molar-refractivity contribution in [2.45, 2.75) is 388 Å². The fourth-order valence-corrected chi connectivity index (χ4v) is 12.7. The number of esters is 4. The molecule has 0 spiro atoms. The summed E-state index contributed by atoms with van der Waals surface area (Å²) in [4.78, 5) is 72.8. The molecular weight excluding hydrogens is 1220 g/mol. The number of ether oxygens (including phenoxy) is 4. The molecule has 0 saturated heterocycles. The van der Waals surface area contributed by atoms with Crippen LogP contribution in [0.1, 0.15) is 370 Å². The Morgan fingerprint density at radius 1 is 0.301 bits per heavy atom. The van der Waals surface area contributed by atoms with E-state index in [-0.39, 0.29) is 25.7 Å². The summed E-state index contributed by atoms with van der Waals surface area (Å²) in [5.74, 6) is 0.977. The molecule has 0 bridgehead atoms. The van der Waals surface area contributed by atoms with Gasteiger partial charge in [0.25, 0.3) is 0 Å². The lowest BCUT2D eigenvalue weighted by Crippen LogP contribution is -2.30. The van der Waals surface area contributed by atoms with Gasteiger partial charge in [-0.25, -0.2) is 9.13 Å². The van der Waals surface area contributed by atoms with Crippen LogP contribution in [0.5, 0.6) is 0 Å². The summed E-state index contributed by atoms with van der Waals surface area (Å²) in [6.07, 6.45) is 47.0. The predicted molar refractivity (Wildman–Crippen MR) is 377 cm³/mol. The topological polar surface area (TPSA) is 237 Å². The van der Waals surface area contributed by atoms with E-state index in [2.05, 4.69) is 55.4 Å². The minimum atomic E-state index is -4.96. The van der Waals surface area contributed by atoms with Crippen molar-refractivity contribution in [3.8, 4) is 0 Å². The van der Waals surface area contributed by atoms with Crippen molar-refractivity contribution in [2.75, 3.05) is 39.6 Å². The molecule has 552 valence electrons. The van der Waals surface area contributed by atoms with Gasteiger partial charge in [-0.3, -0.25) is 37.3 Å². The lowest BCUT2D eigenvalue weighted by atomic mass is 9.99. The summed E-state index contributed by atoms with van der Waals surface area (Å²) < 4.78 is 68.5. The minimum Gasteiger partial charge on any atom is -0.462 e. The van der Waals surface area contributed by atoms with Crippen molar-refractivity contribution in [2.24, 2.45) is 23.7 Å². The van der Waals surface area contributed by atoms with Gasteiger partial charge in [-0.05, 0) is 49.4 Å². The van der Waals surface area contributed by atoms with Crippen molar-refractivity contribution in [1.82, 2.24) is 0 Å². The smallest absolute Gasteiger partial charge is 0.462 e. The van der Waals surface area contributed by atoms with E-state index in [0.29, 0.717) is 25.7 Å². The maximum Gasteiger partial charge on any atom is 0.472 e. The first-order chi connectivity index (χ1) is 44.7. The Labute approximate surface area is 568 Å². The average Bonchev–Trinajstić information content (AvgIpc) is 1.65. The molecule has 0 aliphatic rings. The summed E-state index contributed by atoms with van der Waals surface area (Å²) in [7, 11) is -9.91. The van der Waals surface area contributed by atoms with E-state index in [9.17, 15) is 43.2 Å². The number of carbonyl (C=O) groups is 4. The number of aliphatic hydroxyl groups excluding tert-OH is 1. The van der Waals surface area contributed by atoms with Gasteiger partial charge in [0, 0.05) is 25.7 Å². The number of hydrogen-bond donors (Lipinski definition) is 3. The molecule has 4 unspecified atom stereocenters. The van der Waals surface area contributed by atoms with Gasteiger partial charge >= 0.3 is 39.5 Å². The van der Waals surface area contributed by atoms with Crippen molar-refractivity contribution < 1.29 is 80.2 Å². The van der Waals surface area contributed by atoms with Crippen LogP contribution < -0.4 is 0 Å². The molecule has 0 heterocycles. The standard InChI is InChI=1S/C74H144O17P2/c1-9-66(7)52-44-36-28-20-15-16-21-30-38-46-54-71(76)84-60-69(90-73(78)56-48-40-32-22-14-12-11-13-18-26-34-42-50-64(3)4)62-88-92(80,81)86-58-68(75)59-87-93(82,83)89-63-70(91-74(79)57-49-41-33-23-17-19-27-35-43-51-65(5)6)61-85-72(77)55-47-39-31-25-24-29-37-45-53-67(8)10-2/h64-70,75H,9-63H2,1-8H3,(H,80,81)(H,82,83)/t66?,67?,68-,69-,70-/m1/s1. The molecule has 0 saturated carbocycles. The normalized spacial score (nSPS) is 14.8. The summed E-state index contributed by atoms with van der Waals surface area (Å²) in [5, 5.41) is 10.6. The van der Waals surface area contributed by atoms with E-state index in [1.54, 1.807) is 0 Å². The molecule has 0 aromatic rings. The van der Waals surface area contributed by atoms with E-state index in [4.69, 9.17) is 37.0 Å². The Hall–Kier alpha value is -1.94. The zero-order valence-electron chi connectivity index (χ0n) is 60.9. The number of rotatable bonds is 71. The van der Waals surface area contributed by atoms with Crippen LogP contribution in [0.2, 0.25) is 0 Å². The molecule has 0 rings (SSSR count). The second-order valence-corrected chi connectivity index (χ2v) is 31.0. The highest BCUT2D eigenvalue weighted by Gasteiger charge is 2.30. The second kappa shape index (κ2) is 63.5. The fourth-order valence-electron chi connectivity index (χ4n) is 11.1. The Bertz CT molecular complexity index is 1840. The molecule has 93 heavy (non-hydrogen) atoms. The van der Waals surface area contributed by atoms with E-state index in [0.717, 1.165) is 114 Å². The lowest BCUT2D eigenvalue weighted by molar-refractivity contribution is -0.161. The number of carbonyl (C=O) groups excluding carboxylic acids is 4. The van der Waals surface area contributed by atoms with Crippen LogP contribution in [0.4, 0.5) is 0 Å². The molecule has 3 N–H and O–H groups in total. The Balaban J connectivity index is 5.28. The van der Waals surface area contributed by atoms with Gasteiger partial charge in [0.2, 0.25) is 0 Å². The van der Waals surface area contributed by atoms with E-state index in [1.807, 2.05) is 0 Å². The highest BCUT2D eigenvalue weighted by Crippen LogP contribution is 2.45. The third kappa shape index (κ3) is 65.8. The monoisotopic (exact) mass is 1370 g/mol. The molecule has 0 amide bonds. The third-order valence-electron chi connectivity index (χ3n) is 17.8. The molecular formula is C74H144O17P2. The van der Waals surface area contributed by atoms with Gasteiger partial charge in [-0.2, -0.15) is 0 Å². The van der Waals surface area contributed by atoms with Crippen LogP contribution in [-0.2, 0) is 65.4 Å². The largest absolute Gasteiger partial charge is 0.472 e. The van der Waals surface area contributed by atoms with Gasteiger partial charge < -0.3 is 33.8 Å². The Morgan fingerprint density at radius 2 is 0.516 bits per heavy atom. The fraction of sp³-hybridized carbons (Fsp3) is 0.946. The van der Waals surface area contributed by atoms with Crippen molar-refractivity contribution in [3.05, 3.63) is 0 Å². The predicted octanol–water partition coefficient (Wildman–Crippen LogP) is 21.3. The molecule has 0 aromatic heterocycles. The van der Waals surface area contributed by atoms with Crippen LogP contribution in [0.15, 0.2) is 0 Å². The van der Waals surface area contributed by atoms with Crippen LogP contribution in [0, 0.1) is 23.7 Å². The highest BCUT2D eigenvalue weighted by atomic mass is 31.2. The number of unbranched alkanes of at least 4 members (excludes halogenated alkanes) is 35. The van der Waals surface area contributed by atoms with Crippen molar-refractivity contribution >= 4 is 39.5 Å². The molecule has 0 aliphatic carbocycles. The van der Waals surface area contributed by atoms with Gasteiger partial charge in [0.15, 0.2) is 12.2 Å². The van der Waals surface area contributed by atoms with Gasteiger partial charge in [-0.15, -0.1) is 0 Å². The van der Waals surface area contributed by atoms with Crippen LogP contribution in [0.25, 0.3) is 0 Å². The van der Waals surface area contributed by atoms with Crippen molar-refractivity contribution in [1.29, 1.82) is 0 Å². The Morgan fingerprint density at radius 3 is 0.763 bits per heavy atom. The zero-order chi connectivity index (χ0) is 68.9.